The van der Waals surface area contributed by atoms with Crippen LogP contribution in [0.5, 0.6) is 0 Å². The second kappa shape index (κ2) is 5.99. The average Bonchev–Trinajstić information content (AvgIpc) is 2.25. The summed E-state index contributed by atoms with van der Waals surface area (Å²) >= 11 is 6.04. The zero-order valence-corrected chi connectivity index (χ0v) is 10.1. The lowest BCUT2D eigenvalue weighted by Crippen LogP contribution is -2.24. The molecule has 0 spiro atoms. The van der Waals surface area contributed by atoms with Crippen LogP contribution in [0.4, 0.5) is 5.69 Å². The van der Waals surface area contributed by atoms with E-state index < -0.39 is 0 Å². The molecule has 2 nitrogen and oxygen atoms in total. The average molecular weight is 228 g/mol. The number of halogens is 1. The smallest absolute Gasteiger partial charge is 0.0716 e. The maximum atomic E-state index is 9.30. The summed E-state index contributed by atoms with van der Waals surface area (Å²) in [5, 5.41) is 9.94. The molecular weight excluding hydrogens is 210 g/mol. The molecule has 0 aliphatic carbocycles. The highest BCUT2D eigenvalue weighted by Gasteiger charge is 2.10. The maximum absolute atomic E-state index is 9.30. The molecule has 1 aromatic rings. The number of aliphatic hydroxyl groups excluding tert-OH is 1. The van der Waals surface area contributed by atoms with Crippen LogP contribution in [-0.2, 0) is 6.61 Å². The molecule has 0 fully saturated rings. The molecule has 84 valence electrons. The third-order valence-electron chi connectivity index (χ3n) is 2.47. The van der Waals surface area contributed by atoms with Gasteiger partial charge in [-0.2, -0.15) is 0 Å². The van der Waals surface area contributed by atoms with E-state index in [9.17, 15) is 5.11 Å². The Hall–Kier alpha value is -0.730. The summed E-state index contributed by atoms with van der Waals surface area (Å²) in [7, 11) is 0. The zero-order valence-electron chi connectivity index (χ0n) is 9.33. The van der Waals surface area contributed by atoms with Crippen molar-refractivity contribution in [2.45, 2.75) is 26.9 Å². The number of nitrogens with zero attached hydrogens (tertiary/aromatic N) is 1. The molecule has 3 heteroatoms. The molecule has 1 rings (SSSR count). The lowest BCUT2D eigenvalue weighted by molar-refractivity contribution is 0.282. The summed E-state index contributed by atoms with van der Waals surface area (Å²) in [6, 6.07) is 5.75. The summed E-state index contributed by atoms with van der Waals surface area (Å²) in [6.45, 7) is 6.17. The predicted molar refractivity (Wildman–Crippen MR) is 65.6 cm³/mol. The Labute approximate surface area is 96.5 Å². The minimum atomic E-state index is -0.00474. The highest BCUT2D eigenvalue weighted by Crippen LogP contribution is 2.27. The quantitative estimate of drug-likeness (QED) is 0.836. The molecule has 0 saturated heterocycles. The van der Waals surface area contributed by atoms with Gasteiger partial charge in [0, 0.05) is 29.4 Å². The Bertz CT molecular complexity index is 314. The van der Waals surface area contributed by atoms with E-state index in [0.29, 0.717) is 5.02 Å². The number of hydrogen-bond acceptors (Lipinski definition) is 2. The summed E-state index contributed by atoms with van der Waals surface area (Å²) in [4.78, 5) is 2.23. The van der Waals surface area contributed by atoms with Gasteiger partial charge < -0.3 is 10.0 Å². The van der Waals surface area contributed by atoms with Gasteiger partial charge in [0.1, 0.15) is 0 Å². The monoisotopic (exact) mass is 227 g/mol. The van der Waals surface area contributed by atoms with Gasteiger partial charge in [-0.15, -0.1) is 0 Å². The van der Waals surface area contributed by atoms with Crippen LogP contribution in [0.25, 0.3) is 0 Å². The van der Waals surface area contributed by atoms with Crippen LogP contribution in [0.3, 0.4) is 0 Å². The van der Waals surface area contributed by atoms with Gasteiger partial charge in [-0.1, -0.05) is 24.6 Å². The molecule has 0 aliphatic rings. The van der Waals surface area contributed by atoms with Gasteiger partial charge >= 0.3 is 0 Å². The highest BCUT2D eigenvalue weighted by atomic mass is 35.5. The van der Waals surface area contributed by atoms with Crippen LogP contribution < -0.4 is 4.90 Å². The van der Waals surface area contributed by atoms with Gasteiger partial charge in [0.25, 0.3) is 0 Å². The molecule has 0 amide bonds. The molecule has 0 radical (unpaired) electrons. The normalized spacial score (nSPS) is 10.4. The van der Waals surface area contributed by atoms with E-state index in [-0.39, 0.29) is 6.61 Å². The molecule has 0 saturated carbocycles. The topological polar surface area (TPSA) is 23.5 Å². The van der Waals surface area contributed by atoms with Gasteiger partial charge in [-0.3, -0.25) is 0 Å². The Balaban J connectivity index is 3.04. The fraction of sp³-hybridized carbons (Fsp3) is 0.500. The van der Waals surface area contributed by atoms with Crippen molar-refractivity contribution in [3.05, 3.63) is 28.8 Å². The second-order valence-corrected chi connectivity index (χ2v) is 3.88. The summed E-state index contributed by atoms with van der Waals surface area (Å²) in [5.41, 5.74) is 1.88. The summed E-state index contributed by atoms with van der Waals surface area (Å²) < 4.78 is 0. The SMILES string of the molecule is CCCN(CC)c1cccc(Cl)c1CO. The molecule has 0 bridgehead atoms. The van der Waals surface area contributed by atoms with E-state index in [4.69, 9.17) is 11.6 Å². The van der Waals surface area contributed by atoms with Crippen LogP contribution in [0.2, 0.25) is 5.02 Å². The first-order valence-corrected chi connectivity index (χ1v) is 5.75. The Morgan fingerprint density at radius 2 is 2.07 bits per heavy atom. The molecule has 15 heavy (non-hydrogen) atoms. The Morgan fingerprint density at radius 3 is 2.60 bits per heavy atom. The van der Waals surface area contributed by atoms with Crippen molar-refractivity contribution in [3.63, 3.8) is 0 Å². The Morgan fingerprint density at radius 1 is 1.33 bits per heavy atom. The predicted octanol–water partition coefficient (Wildman–Crippen LogP) is 3.07. The van der Waals surface area contributed by atoms with Gasteiger partial charge in [0.05, 0.1) is 6.61 Å². The van der Waals surface area contributed by atoms with E-state index in [2.05, 4.69) is 18.7 Å². The summed E-state index contributed by atoms with van der Waals surface area (Å²) in [6.07, 6.45) is 1.09. The molecule has 0 unspecified atom stereocenters. The number of aliphatic hydroxyl groups is 1. The van der Waals surface area contributed by atoms with Crippen molar-refractivity contribution in [2.24, 2.45) is 0 Å². The minimum Gasteiger partial charge on any atom is -0.392 e. The maximum Gasteiger partial charge on any atom is 0.0716 e. The van der Waals surface area contributed by atoms with Crippen molar-refractivity contribution >= 4 is 17.3 Å². The fourth-order valence-corrected chi connectivity index (χ4v) is 1.95. The van der Waals surface area contributed by atoms with E-state index in [1.165, 1.54) is 0 Å². The van der Waals surface area contributed by atoms with Gasteiger partial charge in [0.2, 0.25) is 0 Å². The highest BCUT2D eigenvalue weighted by molar-refractivity contribution is 6.31. The minimum absolute atomic E-state index is 0.00474. The first kappa shape index (κ1) is 12.3. The number of hydrogen-bond donors (Lipinski definition) is 1. The van der Waals surface area contributed by atoms with Crippen LogP contribution in [0.1, 0.15) is 25.8 Å². The van der Waals surface area contributed by atoms with Crippen LogP contribution in [0.15, 0.2) is 18.2 Å². The zero-order chi connectivity index (χ0) is 11.3. The standard InChI is InChI=1S/C12H18ClNO/c1-3-8-14(4-2)12-7-5-6-11(13)10(12)9-15/h5-7,15H,3-4,8-9H2,1-2H3. The lowest BCUT2D eigenvalue weighted by Gasteiger charge is -2.25. The van der Waals surface area contributed by atoms with Gasteiger partial charge in [0.15, 0.2) is 0 Å². The molecular formula is C12H18ClNO. The van der Waals surface area contributed by atoms with E-state index >= 15 is 0 Å². The first-order chi connectivity index (χ1) is 7.24. The van der Waals surface area contributed by atoms with Crippen LogP contribution in [-0.4, -0.2) is 18.2 Å². The van der Waals surface area contributed by atoms with Crippen molar-refractivity contribution in [1.82, 2.24) is 0 Å². The van der Waals surface area contributed by atoms with Crippen LogP contribution in [0, 0.1) is 0 Å². The molecule has 0 atom stereocenters. The second-order valence-electron chi connectivity index (χ2n) is 3.48. The van der Waals surface area contributed by atoms with E-state index in [1.54, 1.807) is 0 Å². The van der Waals surface area contributed by atoms with Gasteiger partial charge in [-0.05, 0) is 25.5 Å². The van der Waals surface area contributed by atoms with E-state index in [1.807, 2.05) is 18.2 Å². The largest absolute Gasteiger partial charge is 0.392 e. The van der Waals surface area contributed by atoms with Crippen LogP contribution >= 0.6 is 11.6 Å². The summed E-state index contributed by atoms with van der Waals surface area (Å²) in [5.74, 6) is 0. The van der Waals surface area contributed by atoms with Gasteiger partial charge in [-0.25, -0.2) is 0 Å². The molecule has 1 N–H and O–H groups in total. The van der Waals surface area contributed by atoms with E-state index in [0.717, 1.165) is 30.8 Å². The fourth-order valence-electron chi connectivity index (χ4n) is 1.72. The third kappa shape index (κ3) is 2.86. The van der Waals surface area contributed by atoms with Crippen molar-refractivity contribution in [1.29, 1.82) is 0 Å². The Kier molecular flexibility index (Phi) is 4.92. The number of benzene rings is 1. The van der Waals surface area contributed by atoms with Crippen molar-refractivity contribution < 1.29 is 5.11 Å². The third-order valence-corrected chi connectivity index (χ3v) is 2.82. The van der Waals surface area contributed by atoms with Crippen molar-refractivity contribution in [3.8, 4) is 0 Å². The van der Waals surface area contributed by atoms with Crippen molar-refractivity contribution in [2.75, 3.05) is 18.0 Å². The number of rotatable bonds is 5. The first-order valence-electron chi connectivity index (χ1n) is 5.37. The number of anilines is 1. The molecule has 0 heterocycles. The molecule has 0 aromatic heterocycles. The molecule has 1 aromatic carbocycles. The lowest BCUT2D eigenvalue weighted by atomic mass is 10.1. The molecule has 0 aliphatic heterocycles.